The first-order valence-corrected chi connectivity index (χ1v) is 4.47. The van der Waals surface area contributed by atoms with Gasteiger partial charge in [0.2, 0.25) is 11.7 Å². The minimum Gasteiger partial charge on any atom is -0.309 e. The zero-order valence-corrected chi connectivity index (χ0v) is 7.53. The molecule has 1 amide bonds. The second-order valence-corrected chi connectivity index (χ2v) is 3.28. The van der Waals surface area contributed by atoms with Crippen LogP contribution in [-0.2, 0) is 14.4 Å². The van der Waals surface area contributed by atoms with Crippen LogP contribution in [0.15, 0.2) is 23.9 Å². The van der Waals surface area contributed by atoms with Crippen molar-refractivity contribution in [3.05, 3.63) is 23.9 Å². The summed E-state index contributed by atoms with van der Waals surface area (Å²) in [6.45, 7) is 0.539. The summed E-state index contributed by atoms with van der Waals surface area (Å²) >= 11 is 0. The smallest absolute Gasteiger partial charge is 0.227 e. The number of amides is 1. The Hall–Kier alpha value is -1.71. The Balaban J connectivity index is 2.29. The van der Waals surface area contributed by atoms with Crippen LogP contribution in [0.3, 0.4) is 0 Å². The molecule has 72 valence electrons. The first-order chi connectivity index (χ1) is 6.68. The molecule has 14 heavy (non-hydrogen) atoms. The number of carbonyl (C=O) groups is 3. The Bertz CT molecular complexity index is 379. The third-order valence-electron chi connectivity index (χ3n) is 2.29. The maximum atomic E-state index is 11.4. The molecule has 0 aromatic carbocycles. The molecule has 0 bridgehead atoms. The molecule has 2 rings (SSSR count). The Morgan fingerprint density at radius 3 is 2.57 bits per heavy atom. The number of hydrogen-bond donors (Lipinski definition) is 0. The highest BCUT2D eigenvalue weighted by Gasteiger charge is 2.28. The van der Waals surface area contributed by atoms with Crippen LogP contribution < -0.4 is 0 Å². The molecule has 0 spiro atoms. The van der Waals surface area contributed by atoms with Crippen molar-refractivity contribution >= 4 is 17.5 Å². The summed E-state index contributed by atoms with van der Waals surface area (Å²) in [6.07, 6.45) is 4.87. The van der Waals surface area contributed by atoms with Crippen LogP contribution in [-0.4, -0.2) is 28.9 Å². The van der Waals surface area contributed by atoms with E-state index in [0.29, 0.717) is 13.0 Å². The minimum absolute atomic E-state index is 0.0762. The molecule has 1 heterocycles. The van der Waals surface area contributed by atoms with Gasteiger partial charge in [-0.2, -0.15) is 0 Å². The Kier molecular flexibility index (Phi) is 2.04. The standard InChI is InChI=1S/C10H9NO3/c12-7-3-4-9(13)8(6-7)11-5-1-2-10(11)14/h3-4,6H,1-2,5H2. The van der Waals surface area contributed by atoms with Crippen LogP contribution in [0.2, 0.25) is 0 Å². The topological polar surface area (TPSA) is 54.5 Å². The predicted octanol–water partition coefficient (Wildman–Crippen LogP) is 0.201. The van der Waals surface area contributed by atoms with Crippen molar-refractivity contribution < 1.29 is 14.4 Å². The van der Waals surface area contributed by atoms with Gasteiger partial charge < -0.3 is 4.90 Å². The molecule has 0 radical (unpaired) electrons. The van der Waals surface area contributed by atoms with Crippen LogP contribution in [0.25, 0.3) is 0 Å². The van der Waals surface area contributed by atoms with Gasteiger partial charge in [-0.3, -0.25) is 14.4 Å². The van der Waals surface area contributed by atoms with Gasteiger partial charge in [0.25, 0.3) is 0 Å². The van der Waals surface area contributed by atoms with Gasteiger partial charge in [0.1, 0.15) is 0 Å². The molecular weight excluding hydrogens is 182 g/mol. The highest BCUT2D eigenvalue weighted by Crippen LogP contribution is 2.19. The molecule has 1 aliphatic heterocycles. The maximum absolute atomic E-state index is 11.4. The van der Waals surface area contributed by atoms with Crippen LogP contribution in [0.1, 0.15) is 12.8 Å². The van der Waals surface area contributed by atoms with Crippen molar-refractivity contribution in [1.82, 2.24) is 4.90 Å². The van der Waals surface area contributed by atoms with Crippen LogP contribution in [0.5, 0.6) is 0 Å². The fourth-order valence-electron chi connectivity index (χ4n) is 1.61. The molecule has 0 aromatic heterocycles. The monoisotopic (exact) mass is 191 g/mol. The molecule has 4 heteroatoms. The van der Waals surface area contributed by atoms with Crippen molar-refractivity contribution in [1.29, 1.82) is 0 Å². The van der Waals surface area contributed by atoms with Crippen molar-refractivity contribution in [2.45, 2.75) is 12.8 Å². The predicted molar refractivity (Wildman–Crippen MR) is 48.2 cm³/mol. The summed E-state index contributed by atoms with van der Waals surface area (Å²) in [5.41, 5.74) is 0.222. The fraction of sp³-hybridized carbons (Fsp3) is 0.300. The molecule has 1 saturated heterocycles. The van der Waals surface area contributed by atoms with Crippen molar-refractivity contribution in [3.8, 4) is 0 Å². The quantitative estimate of drug-likeness (QED) is 0.556. The Labute approximate surface area is 80.9 Å². The van der Waals surface area contributed by atoms with Gasteiger partial charge in [0.15, 0.2) is 5.78 Å². The van der Waals surface area contributed by atoms with Crippen LogP contribution in [0.4, 0.5) is 0 Å². The SMILES string of the molecule is O=C1C=CC(=O)C(N2CCCC2=O)=C1. The molecule has 0 atom stereocenters. The summed E-state index contributed by atoms with van der Waals surface area (Å²) in [6, 6.07) is 0. The molecule has 0 aromatic rings. The lowest BCUT2D eigenvalue weighted by Gasteiger charge is -2.18. The van der Waals surface area contributed by atoms with E-state index in [1.807, 2.05) is 0 Å². The molecule has 0 saturated carbocycles. The summed E-state index contributed by atoms with van der Waals surface area (Å²) in [4.78, 5) is 35.1. The van der Waals surface area contributed by atoms with Gasteiger partial charge in [-0.05, 0) is 18.6 Å². The van der Waals surface area contributed by atoms with E-state index in [4.69, 9.17) is 0 Å². The first kappa shape index (κ1) is 8.87. The number of ketones is 2. The lowest BCUT2D eigenvalue weighted by molar-refractivity contribution is -0.128. The number of hydrogen-bond acceptors (Lipinski definition) is 3. The summed E-state index contributed by atoms with van der Waals surface area (Å²) in [5.74, 6) is -0.577. The van der Waals surface area contributed by atoms with Gasteiger partial charge >= 0.3 is 0 Å². The Morgan fingerprint density at radius 1 is 1.14 bits per heavy atom. The molecule has 2 aliphatic rings. The van der Waals surface area contributed by atoms with Crippen molar-refractivity contribution in [3.63, 3.8) is 0 Å². The van der Waals surface area contributed by atoms with E-state index in [1.54, 1.807) is 0 Å². The van der Waals surface area contributed by atoms with Gasteiger partial charge in [0.05, 0.1) is 5.70 Å². The fourth-order valence-corrected chi connectivity index (χ4v) is 1.61. The molecular formula is C10H9NO3. The maximum Gasteiger partial charge on any atom is 0.227 e. The molecule has 1 fully saturated rings. The third kappa shape index (κ3) is 1.39. The summed E-state index contributed by atoms with van der Waals surface area (Å²) in [7, 11) is 0. The first-order valence-electron chi connectivity index (χ1n) is 4.47. The zero-order chi connectivity index (χ0) is 10.1. The van der Waals surface area contributed by atoms with Crippen molar-refractivity contribution in [2.24, 2.45) is 0 Å². The van der Waals surface area contributed by atoms with Crippen molar-refractivity contribution in [2.75, 3.05) is 6.54 Å². The van der Waals surface area contributed by atoms with E-state index < -0.39 is 0 Å². The van der Waals surface area contributed by atoms with Gasteiger partial charge in [-0.1, -0.05) is 0 Å². The summed E-state index contributed by atoms with van der Waals surface area (Å²) in [5, 5.41) is 0. The summed E-state index contributed by atoms with van der Waals surface area (Å²) < 4.78 is 0. The van der Waals surface area contributed by atoms with Crippen LogP contribution >= 0.6 is 0 Å². The van der Waals surface area contributed by atoms with E-state index >= 15 is 0 Å². The van der Waals surface area contributed by atoms with Gasteiger partial charge in [-0.15, -0.1) is 0 Å². The zero-order valence-electron chi connectivity index (χ0n) is 7.53. The van der Waals surface area contributed by atoms with E-state index in [9.17, 15) is 14.4 Å². The van der Waals surface area contributed by atoms with Crippen LogP contribution in [0, 0.1) is 0 Å². The average molecular weight is 191 g/mol. The number of carbonyl (C=O) groups excluding carboxylic acids is 3. The highest BCUT2D eigenvalue weighted by molar-refractivity contribution is 6.18. The van der Waals surface area contributed by atoms with E-state index in [0.717, 1.165) is 6.42 Å². The largest absolute Gasteiger partial charge is 0.309 e. The number of nitrogens with zero attached hydrogens (tertiary/aromatic N) is 1. The van der Waals surface area contributed by atoms with Gasteiger partial charge in [0, 0.05) is 19.0 Å². The molecule has 0 unspecified atom stereocenters. The highest BCUT2D eigenvalue weighted by atomic mass is 16.2. The molecule has 0 N–H and O–H groups in total. The van der Waals surface area contributed by atoms with Gasteiger partial charge in [-0.25, -0.2) is 0 Å². The number of likely N-dealkylation sites (tertiary alicyclic amines) is 1. The Morgan fingerprint density at radius 2 is 1.93 bits per heavy atom. The van der Waals surface area contributed by atoms with E-state index in [2.05, 4.69) is 0 Å². The second-order valence-electron chi connectivity index (χ2n) is 3.28. The minimum atomic E-state index is -0.264. The third-order valence-corrected chi connectivity index (χ3v) is 2.29. The number of rotatable bonds is 1. The number of allylic oxidation sites excluding steroid dienone is 3. The lowest BCUT2D eigenvalue weighted by Crippen LogP contribution is -2.29. The lowest BCUT2D eigenvalue weighted by atomic mass is 10.1. The van der Waals surface area contributed by atoms with E-state index in [-0.39, 0.29) is 23.2 Å². The second kappa shape index (κ2) is 3.21. The molecule has 4 nitrogen and oxygen atoms in total. The average Bonchev–Trinajstić information content (AvgIpc) is 2.56. The van der Waals surface area contributed by atoms with E-state index in [1.165, 1.54) is 23.1 Å². The molecule has 1 aliphatic carbocycles. The normalized spacial score (nSPS) is 21.9.